The van der Waals surface area contributed by atoms with E-state index in [1.807, 2.05) is 30.3 Å². The van der Waals surface area contributed by atoms with Crippen LogP contribution in [0.15, 0.2) is 34.7 Å². The quantitative estimate of drug-likeness (QED) is 0.914. The van der Waals surface area contributed by atoms with Crippen LogP contribution in [0.5, 0.6) is 0 Å². The van der Waals surface area contributed by atoms with Gasteiger partial charge in [-0.25, -0.2) is 9.78 Å². The maximum absolute atomic E-state index is 11.4. The summed E-state index contributed by atoms with van der Waals surface area (Å²) in [5.74, 6) is -0.335. The number of methoxy groups -OCH3 is 1. The van der Waals surface area contributed by atoms with Crippen molar-refractivity contribution in [3.05, 3.63) is 41.8 Å². The fraction of sp³-hybridized carbons (Fsp3) is 0.375. The number of hydrogen-bond donors (Lipinski definition) is 1. The molecule has 1 fully saturated rings. The summed E-state index contributed by atoms with van der Waals surface area (Å²) in [7, 11) is 1.66. The number of rotatable bonds is 5. The number of carbonyl (C=O) groups is 1. The second-order valence-corrected chi connectivity index (χ2v) is 5.38. The first-order valence-corrected chi connectivity index (χ1v) is 6.97. The third-order valence-corrected chi connectivity index (χ3v) is 4.10. The van der Waals surface area contributed by atoms with Crippen molar-refractivity contribution in [3.63, 3.8) is 0 Å². The Hall–Kier alpha value is -2.14. The Kier molecular flexibility index (Phi) is 3.51. The average Bonchev–Trinajstić information content (AvgIpc) is 2.88. The van der Waals surface area contributed by atoms with Crippen LogP contribution in [0.2, 0.25) is 0 Å². The minimum absolute atomic E-state index is 0.0165. The minimum Gasteiger partial charge on any atom is -0.476 e. The minimum atomic E-state index is -1.07. The maximum atomic E-state index is 11.4. The predicted molar refractivity (Wildman–Crippen MR) is 76.2 cm³/mol. The van der Waals surface area contributed by atoms with E-state index in [9.17, 15) is 9.90 Å². The Balaban J connectivity index is 1.96. The summed E-state index contributed by atoms with van der Waals surface area (Å²) < 4.78 is 11.3. The van der Waals surface area contributed by atoms with Gasteiger partial charge in [0, 0.05) is 19.1 Å². The molecule has 1 aliphatic carbocycles. The fourth-order valence-electron chi connectivity index (χ4n) is 2.66. The molecule has 1 aromatic heterocycles. The summed E-state index contributed by atoms with van der Waals surface area (Å²) in [4.78, 5) is 15.5. The van der Waals surface area contributed by atoms with Crippen LogP contribution in [0.1, 0.15) is 35.5 Å². The van der Waals surface area contributed by atoms with E-state index in [1.165, 1.54) is 0 Å². The van der Waals surface area contributed by atoms with Gasteiger partial charge in [0.1, 0.15) is 5.76 Å². The average molecular weight is 287 g/mol. The lowest BCUT2D eigenvalue weighted by molar-refractivity contribution is -0.0738. The first-order chi connectivity index (χ1) is 10.1. The SMILES string of the molecule is COC1(Cc2oc(-c3ccccc3)nc2C(=O)O)CCC1. The highest BCUT2D eigenvalue weighted by molar-refractivity contribution is 5.87. The summed E-state index contributed by atoms with van der Waals surface area (Å²) in [6.07, 6.45) is 3.38. The Labute approximate surface area is 122 Å². The molecule has 0 saturated heterocycles. The van der Waals surface area contributed by atoms with Crippen LogP contribution in [-0.2, 0) is 11.2 Å². The van der Waals surface area contributed by atoms with Crippen LogP contribution >= 0.6 is 0 Å². The van der Waals surface area contributed by atoms with E-state index in [-0.39, 0.29) is 11.3 Å². The first-order valence-electron chi connectivity index (χ1n) is 6.97. The lowest BCUT2D eigenvalue weighted by atomic mass is 9.77. The molecule has 1 aromatic carbocycles. The summed E-state index contributed by atoms with van der Waals surface area (Å²) >= 11 is 0. The monoisotopic (exact) mass is 287 g/mol. The number of aromatic nitrogens is 1. The molecule has 1 N–H and O–H groups in total. The smallest absolute Gasteiger partial charge is 0.358 e. The number of benzene rings is 1. The van der Waals surface area contributed by atoms with E-state index < -0.39 is 5.97 Å². The Morgan fingerprint density at radius 3 is 2.62 bits per heavy atom. The van der Waals surface area contributed by atoms with Crippen LogP contribution in [0, 0.1) is 0 Å². The zero-order valence-electron chi connectivity index (χ0n) is 11.8. The molecule has 3 rings (SSSR count). The molecule has 0 atom stereocenters. The molecule has 0 unspecified atom stereocenters. The van der Waals surface area contributed by atoms with Crippen molar-refractivity contribution in [1.29, 1.82) is 0 Å². The van der Waals surface area contributed by atoms with E-state index in [0.717, 1.165) is 24.8 Å². The number of ether oxygens (including phenoxy) is 1. The van der Waals surface area contributed by atoms with E-state index in [2.05, 4.69) is 4.98 Å². The van der Waals surface area contributed by atoms with E-state index in [1.54, 1.807) is 7.11 Å². The standard InChI is InChI=1S/C16H17NO4/c1-20-16(8-5-9-16)10-12-13(15(18)19)17-14(21-12)11-6-3-2-4-7-11/h2-4,6-7H,5,8-10H2,1H3,(H,18,19). The number of aromatic carboxylic acids is 1. The molecule has 21 heavy (non-hydrogen) atoms. The van der Waals surface area contributed by atoms with Crippen molar-refractivity contribution in [2.45, 2.75) is 31.3 Å². The molecule has 5 heteroatoms. The number of carboxylic acid groups (broad SMARTS) is 1. The zero-order chi connectivity index (χ0) is 14.9. The van der Waals surface area contributed by atoms with Crippen LogP contribution in [0.3, 0.4) is 0 Å². The zero-order valence-corrected chi connectivity index (χ0v) is 11.8. The number of hydrogen-bond acceptors (Lipinski definition) is 4. The van der Waals surface area contributed by atoms with Gasteiger partial charge in [-0.05, 0) is 31.4 Å². The topological polar surface area (TPSA) is 72.6 Å². The third-order valence-electron chi connectivity index (χ3n) is 4.10. The van der Waals surface area contributed by atoms with Gasteiger partial charge < -0.3 is 14.3 Å². The molecule has 1 saturated carbocycles. The Bertz CT molecular complexity index is 638. The van der Waals surface area contributed by atoms with E-state index >= 15 is 0 Å². The van der Waals surface area contributed by atoms with Crippen molar-refractivity contribution < 1.29 is 19.1 Å². The molecule has 0 radical (unpaired) electrons. The van der Waals surface area contributed by atoms with Crippen LogP contribution in [0.25, 0.3) is 11.5 Å². The number of nitrogens with zero attached hydrogens (tertiary/aromatic N) is 1. The van der Waals surface area contributed by atoms with Gasteiger partial charge in [-0.3, -0.25) is 0 Å². The third kappa shape index (κ3) is 2.56. The fourth-order valence-corrected chi connectivity index (χ4v) is 2.66. The Morgan fingerprint density at radius 2 is 2.10 bits per heavy atom. The Morgan fingerprint density at radius 1 is 1.38 bits per heavy atom. The van der Waals surface area contributed by atoms with Gasteiger partial charge in [0.15, 0.2) is 5.69 Å². The summed E-state index contributed by atoms with van der Waals surface area (Å²) in [6.45, 7) is 0. The van der Waals surface area contributed by atoms with Crippen molar-refractivity contribution >= 4 is 5.97 Å². The molecule has 0 amide bonds. The highest BCUT2D eigenvalue weighted by atomic mass is 16.5. The lowest BCUT2D eigenvalue weighted by Crippen LogP contribution is -2.41. The molecule has 5 nitrogen and oxygen atoms in total. The second-order valence-electron chi connectivity index (χ2n) is 5.38. The summed E-state index contributed by atoms with van der Waals surface area (Å²) in [5, 5.41) is 9.32. The van der Waals surface area contributed by atoms with Gasteiger partial charge in [0.2, 0.25) is 5.89 Å². The van der Waals surface area contributed by atoms with Gasteiger partial charge in [0.25, 0.3) is 0 Å². The molecule has 1 aliphatic rings. The summed E-state index contributed by atoms with van der Waals surface area (Å²) in [5.41, 5.74) is 0.459. The predicted octanol–water partition coefficient (Wildman–Crippen LogP) is 3.15. The molecule has 0 aliphatic heterocycles. The molecular weight excluding hydrogens is 270 g/mol. The van der Waals surface area contributed by atoms with Crippen LogP contribution < -0.4 is 0 Å². The van der Waals surface area contributed by atoms with Crippen LogP contribution in [0.4, 0.5) is 0 Å². The number of carboxylic acids is 1. The lowest BCUT2D eigenvalue weighted by Gasteiger charge is -2.39. The summed E-state index contributed by atoms with van der Waals surface area (Å²) in [6, 6.07) is 9.30. The van der Waals surface area contributed by atoms with Crippen molar-refractivity contribution in [2.75, 3.05) is 7.11 Å². The molecule has 110 valence electrons. The van der Waals surface area contributed by atoms with Gasteiger partial charge >= 0.3 is 5.97 Å². The molecule has 2 aromatic rings. The van der Waals surface area contributed by atoms with Gasteiger partial charge in [-0.2, -0.15) is 0 Å². The first kappa shape index (κ1) is 13.8. The molecule has 0 bridgehead atoms. The maximum Gasteiger partial charge on any atom is 0.358 e. The largest absolute Gasteiger partial charge is 0.476 e. The van der Waals surface area contributed by atoms with Gasteiger partial charge in [-0.15, -0.1) is 0 Å². The highest BCUT2D eigenvalue weighted by Crippen LogP contribution is 2.39. The highest BCUT2D eigenvalue weighted by Gasteiger charge is 2.40. The van der Waals surface area contributed by atoms with Crippen molar-refractivity contribution in [3.8, 4) is 11.5 Å². The second kappa shape index (κ2) is 5.33. The normalized spacial score (nSPS) is 16.4. The van der Waals surface area contributed by atoms with Crippen molar-refractivity contribution in [1.82, 2.24) is 4.98 Å². The van der Waals surface area contributed by atoms with Gasteiger partial charge in [0.05, 0.1) is 5.60 Å². The van der Waals surface area contributed by atoms with E-state index in [0.29, 0.717) is 18.1 Å². The van der Waals surface area contributed by atoms with Crippen LogP contribution in [-0.4, -0.2) is 28.8 Å². The molecular formula is C16H17NO4. The van der Waals surface area contributed by atoms with Gasteiger partial charge in [-0.1, -0.05) is 18.2 Å². The van der Waals surface area contributed by atoms with E-state index in [4.69, 9.17) is 9.15 Å². The molecule has 1 heterocycles. The molecule has 0 spiro atoms. The number of oxazole rings is 1. The van der Waals surface area contributed by atoms with Crippen molar-refractivity contribution in [2.24, 2.45) is 0 Å².